The Morgan fingerprint density at radius 1 is 1.09 bits per heavy atom. The Labute approximate surface area is 133 Å². The third kappa shape index (κ3) is 1.68. The number of allylic oxidation sites excluding steroid dienone is 4. The highest BCUT2D eigenvalue weighted by Crippen LogP contribution is 2.65. The van der Waals surface area contributed by atoms with Crippen molar-refractivity contribution in [2.45, 2.75) is 64.9 Å². The summed E-state index contributed by atoms with van der Waals surface area (Å²) in [5.41, 5.74) is 0.970. The summed E-state index contributed by atoms with van der Waals surface area (Å²) in [5, 5.41) is 10.9. The van der Waals surface area contributed by atoms with Gasteiger partial charge in [0.25, 0.3) is 0 Å². The first kappa shape index (κ1) is 14.7. The summed E-state index contributed by atoms with van der Waals surface area (Å²) in [6.07, 6.45) is 12.6. The topological polar surface area (TPSA) is 37.3 Å². The number of hydrogen-bond acceptors (Lipinski definition) is 2. The molecule has 0 unspecified atom stereocenters. The van der Waals surface area contributed by atoms with Gasteiger partial charge < -0.3 is 5.11 Å². The average molecular weight is 300 g/mol. The molecule has 0 aromatic rings. The summed E-state index contributed by atoms with van der Waals surface area (Å²) in [6, 6.07) is 0. The van der Waals surface area contributed by atoms with E-state index in [1.807, 2.05) is 13.0 Å². The molecular formula is C20H28O2. The van der Waals surface area contributed by atoms with Crippen molar-refractivity contribution in [1.82, 2.24) is 0 Å². The van der Waals surface area contributed by atoms with E-state index in [-0.39, 0.29) is 10.8 Å². The van der Waals surface area contributed by atoms with Crippen molar-refractivity contribution in [2.75, 3.05) is 0 Å². The third-order valence-corrected chi connectivity index (χ3v) is 8.08. The highest BCUT2D eigenvalue weighted by molar-refractivity contribution is 5.92. The Balaban J connectivity index is 1.76. The molecule has 0 saturated heterocycles. The lowest BCUT2D eigenvalue weighted by Crippen LogP contribution is -2.52. The van der Waals surface area contributed by atoms with Crippen LogP contribution < -0.4 is 0 Å². The average Bonchev–Trinajstić information content (AvgIpc) is 2.70. The van der Waals surface area contributed by atoms with Gasteiger partial charge >= 0.3 is 0 Å². The van der Waals surface area contributed by atoms with Gasteiger partial charge in [0.1, 0.15) is 0 Å². The maximum atomic E-state index is 11.8. The van der Waals surface area contributed by atoms with Crippen LogP contribution in [0, 0.1) is 28.6 Å². The Bertz CT molecular complexity index is 585. The van der Waals surface area contributed by atoms with Crippen molar-refractivity contribution in [2.24, 2.45) is 28.6 Å². The van der Waals surface area contributed by atoms with Crippen molar-refractivity contribution in [3.8, 4) is 0 Å². The van der Waals surface area contributed by atoms with Gasteiger partial charge in [0.15, 0.2) is 5.78 Å². The van der Waals surface area contributed by atoms with Crippen molar-refractivity contribution in [1.29, 1.82) is 0 Å². The van der Waals surface area contributed by atoms with Gasteiger partial charge in [-0.3, -0.25) is 4.79 Å². The standard InChI is InChI=1S/C20H28O2/c1-18-9-6-14(21)12-13(18)4-5-15-16(18)7-10-19(2)17(15)8-11-20(19,3)22/h4-5,12,15-17,22H,6-11H2,1-3H3/t15-,16+,17+,18+,19-,20+/m1/s1. The Morgan fingerprint density at radius 3 is 2.59 bits per heavy atom. The Morgan fingerprint density at radius 2 is 1.82 bits per heavy atom. The maximum absolute atomic E-state index is 11.8. The van der Waals surface area contributed by atoms with E-state index >= 15 is 0 Å². The molecule has 120 valence electrons. The molecule has 4 rings (SSSR count). The van der Waals surface area contributed by atoms with Crippen LogP contribution in [0.1, 0.15) is 59.3 Å². The fraction of sp³-hybridized carbons (Fsp3) is 0.750. The number of carbonyl (C=O) groups excluding carboxylic acids is 1. The van der Waals surface area contributed by atoms with Gasteiger partial charge in [-0.25, -0.2) is 0 Å². The van der Waals surface area contributed by atoms with Gasteiger partial charge in [-0.15, -0.1) is 0 Å². The van der Waals surface area contributed by atoms with Gasteiger partial charge in [-0.2, -0.15) is 0 Å². The lowest BCUT2D eigenvalue weighted by Gasteiger charge is -2.56. The molecule has 0 heterocycles. The lowest BCUT2D eigenvalue weighted by atomic mass is 9.48. The predicted molar refractivity (Wildman–Crippen MR) is 87.2 cm³/mol. The molecule has 22 heavy (non-hydrogen) atoms. The predicted octanol–water partition coefficient (Wildman–Crippen LogP) is 4.05. The van der Waals surface area contributed by atoms with Crippen LogP contribution in [0.2, 0.25) is 0 Å². The van der Waals surface area contributed by atoms with E-state index in [1.54, 1.807) is 0 Å². The molecule has 0 bridgehead atoms. The molecule has 6 atom stereocenters. The molecule has 0 aromatic heterocycles. The van der Waals surface area contributed by atoms with Crippen LogP contribution in [0.15, 0.2) is 23.8 Å². The number of hydrogen-bond donors (Lipinski definition) is 1. The summed E-state index contributed by atoms with van der Waals surface area (Å²) < 4.78 is 0. The van der Waals surface area contributed by atoms with Crippen LogP contribution in [0.4, 0.5) is 0 Å². The summed E-state index contributed by atoms with van der Waals surface area (Å²) in [7, 11) is 0. The zero-order chi connectivity index (χ0) is 15.8. The minimum absolute atomic E-state index is 0.0561. The second-order valence-corrected chi connectivity index (χ2v) is 8.90. The molecule has 0 amide bonds. The van der Waals surface area contributed by atoms with Crippen LogP contribution in [-0.2, 0) is 4.79 Å². The maximum Gasteiger partial charge on any atom is 0.156 e. The number of aliphatic hydroxyl groups is 1. The molecule has 2 heteroatoms. The van der Waals surface area contributed by atoms with E-state index < -0.39 is 5.60 Å². The largest absolute Gasteiger partial charge is 0.390 e. The highest BCUT2D eigenvalue weighted by atomic mass is 16.3. The Kier molecular flexibility index (Phi) is 2.90. The van der Waals surface area contributed by atoms with Gasteiger partial charge in [0.2, 0.25) is 0 Å². The fourth-order valence-corrected chi connectivity index (χ4v) is 6.24. The molecule has 4 aliphatic rings. The first-order valence-electron chi connectivity index (χ1n) is 8.94. The number of ketones is 1. The van der Waals surface area contributed by atoms with E-state index in [2.05, 4.69) is 26.0 Å². The van der Waals surface area contributed by atoms with Crippen molar-refractivity contribution in [3.63, 3.8) is 0 Å². The Hall–Kier alpha value is -0.890. The zero-order valence-corrected chi connectivity index (χ0v) is 14.1. The first-order chi connectivity index (χ1) is 10.3. The van der Waals surface area contributed by atoms with Crippen LogP contribution >= 0.6 is 0 Å². The van der Waals surface area contributed by atoms with Crippen LogP contribution in [0.3, 0.4) is 0 Å². The van der Waals surface area contributed by atoms with E-state index in [9.17, 15) is 9.90 Å². The van der Waals surface area contributed by atoms with E-state index in [1.165, 1.54) is 12.0 Å². The molecule has 0 aromatic carbocycles. The highest BCUT2D eigenvalue weighted by Gasteiger charge is 2.61. The van der Waals surface area contributed by atoms with Crippen LogP contribution in [0.5, 0.6) is 0 Å². The molecule has 2 saturated carbocycles. The summed E-state index contributed by atoms with van der Waals surface area (Å²) in [4.78, 5) is 11.8. The minimum atomic E-state index is -0.518. The SMILES string of the molecule is C[C@]12CCC(=O)C=C1C=C[C@@H]1[C@@H]2CC[C@]2(C)[C@H]1CC[C@]2(C)O. The summed E-state index contributed by atoms with van der Waals surface area (Å²) in [5.74, 6) is 2.10. The molecule has 0 aliphatic heterocycles. The smallest absolute Gasteiger partial charge is 0.156 e. The summed E-state index contributed by atoms with van der Waals surface area (Å²) >= 11 is 0. The normalized spacial score (nSPS) is 53.5. The number of carbonyl (C=O) groups is 1. The van der Waals surface area contributed by atoms with Crippen molar-refractivity contribution < 1.29 is 9.90 Å². The van der Waals surface area contributed by atoms with Gasteiger partial charge in [0, 0.05) is 6.42 Å². The molecule has 0 radical (unpaired) electrons. The van der Waals surface area contributed by atoms with Gasteiger partial charge in [0.05, 0.1) is 5.60 Å². The number of rotatable bonds is 0. The van der Waals surface area contributed by atoms with E-state index in [0.29, 0.717) is 30.0 Å². The second kappa shape index (κ2) is 4.35. The molecule has 4 aliphatic carbocycles. The summed E-state index contributed by atoms with van der Waals surface area (Å²) in [6.45, 7) is 6.74. The quantitative estimate of drug-likeness (QED) is 0.733. The van der Waals surface area contributed by atoms with Gasteiger partial charge in [-0.05, 0) is 79.3 Å². The van der Waals surface area contributed by atoms with Crippen LogP contribution in [-0.4, -0.2) is 16.5 Å². The fourth-order valence-electron chi connectivity index (χ4n) is 6.24. The molecule has 2 nitrogen and oxygen atoms in total. The lowest BCUT2D eigenvalue weighted by molar-refractivity contribution is -0.118. The van der Waals surface area contributed by atoms with E-state index in [0.717, 1.165) is 25.7 Å². The first-order valence-corrected chi connectivity index (χ1v) is 8.94. The number of fused-ring (bicyclic) bond motifs is 5. The van der Waals surface area contributed by atoms with Crippen molar-refractivity contribution in [3.05, 3.63) is 23.8 Å². The third-order valence-electron chi connectivity index (χ3n) is 8.08. The van der Waals surface area contributed by atoms with Gasteiger partial charge in [-0.1, -0.05) is 26.0 Å². The minimum Gasteiger partial charge on any atom is -0.390 e. The van der Waals surface area contributed by atoms with E-state index in [4.69, 9.17) is 0 Å². The zero-order valence-electron chi connectivity index (χ0n) is 14.1. The second-order valence-electron chi connectivity index (χ2n) is 8.90. The van der Waals surface area contributed by atoms with Crippen LogP contribution in [0.25, 0.3) is 0 Å². The molecule has 0 spiro atoms. The van der Waals surface area contributed by atoms with Crippen molar-refractivity contribution >= 4 is 5.78 Å². The monoisotopic (exact) mass is 300 g/mol. The molecular weight excluding hydrogens is 272 g/mol. The molecule has 2 fully saturated rings. The molecule has 1 N–H and O–H groups in total.